The van der Waals surface area contributed by atoms with E-state index in [-0.39, 0.29) is 102 Å². The number of rotatable bonds is 8. The first kappa shape index (κ1) is 77.3. The second kappa shape index (κ2) is 31.2. The summed E-state index contributed by atoms with van der Waals surface area (Å²) in [6.07, 6.45) is 6.17. The number of hydrogen-bond donors (Lipinski definition) is 12. The number of nitrogens with one attached hydrogen (secondary N) is 5. The number of carbonyl (C=O) groups excluding carboxylic acids is 5. The quantitative estimate of drug-likeness (QED) is 0.0602. The van der Waals surface area contributed by atoms with Crippen LogP contribution in [0.2, 0.25) is 5.15 Å². The Morgan fingerprint density at radius 1 is 0.950 bits per heavy atom. The molecule has 4 aromatic rings. The van der Waals surface area contributed by atoms with E-state index in [1.807, 2.05) is 12.2 Å². The van der Waals surface area contributed by atoms with E-state index in [2.05, 4.69) is 44.7 Å². The number of nitrogen functional groups attached to an aromatic ring is 2. The third-order valence-electron chi connectivity index (χ3n) is 18.8. The number of likely N-dealkylation sites (tertiary alicyclic amines) is 1. The molecule has 2 amide bonds. The number of methoxy groups -OCH3 is 1. The molecular weight excluding hydrogens is 1340 g/mol. The van der Waals surface area contributed by atoms with Crippen LogP contribution in [-0.2, 0) is 30.3 Å². The number of piperazine rings is 1. The van der Waals surface area contributed by atoms with Crippen molar-refractivity contribution in [3.05, 3.63) is 120 Å². The number of aryl methyl sites for hydroxylation is 1. The Hall–Kier alpha value is -9.40. The number of phenolic OH excluding ortho intramolecular Hbond substituents is 1. The van der Waals surface area contributed by atoms with Gasteiger partial charge in [0.15, 0.2) is 34.3 Å². The van der Waals surface area contributed by atoms with E-state index in [0.717, 1.165) is 31.9 Å². The molecule has 7 heterocycles. The van der Waals surface area contributed by atoms with Gasteiger partial charge in [0.2, 0.25) is 11.2 Å². The Morgan fingerprint density at radius 2 is 1.62 bits per heavy atom. The van der Waals surface area contributed by atoms with Crippen molar-refractivity contribution in [2.24, 2.45) is 40.3 Å². The van der Waals surface area contributed by atoms with E-state index in [1.165, 1.54) is 38.7 Å². The molecule has 6 aliphatic rings. The van der Waals surface area contributed by atoms with Crippen molar-refractivity contribution in [1.29, 1.82) is 5.41 Å². The van der Waals surface area contributed by atoms with Gasteiger partial charge >= 0.3 is 17.7 Å². The average Bonchev–Trinajstić information content (AvgIpc) is 1.57. The number of pyridine rings is 1. The second-order valence-electron chi connectivity index (χ2n) is 26.7. The molecule has 546 valence electrons. The van der Waals surface area contributed by atoms with E-state index < -0.39 is 129 Å². The van der Waals surface area contributed by atoms with Crippen molar-refractivity contribution in [2.75, 3.05) is 62.7 Å². The lowest BCUT2D eigenvalue weighted by Gasteiger charge is -2.38. The van der Waals surface area contributed by atoms with Crippen LogP contribution < -0.4 is 53.5 Å². The van der Waals surface area contributed by atoms with E-state index in [1.54, 1.807) is 70.7 Å². The number of piperidine rings is 1. The van der Waals surface area contributed by atoms with E-state index in [0.29, 0.717) is 38.4 Å². The van der Waals surface area contributed by atoms with Crippen LogP contribution in [0.5, 0.6) is 11.5 Å². The van der Waals surface area contributed by atoms with Gasteiger partial charge in [-0.2, -0.15) is 0 Å². The molecule has 1 aliphatic carbocycles. The molecule has 15 N–H and O–H groups in total. The summed E-state index contributed by atoms with van der Waals surface area (Å²) in [5.41, 5.74) is 13.6. The predicted octanol–water partition coefficient (Wildman–Crippen LogP) is 5.33. The highest BCUT2D eigenvalue weighted by molar-refractivity contribution is 6.34. The molecule has 101 heavy (non-hydrogen) atoms. The largest absolute Gasteiger partial charge is 0.507 e. The van der Waals surface area contributed by atoms with Crippen LogP contribution >= 0.6 is 11.6 Å². The van der Waals surface area contributed by atoms with Gasteiger partial charge in [0.1, 0.15) is 46.0 Å². The molecule has 0 saturated carbocycles. The smallest absolute Gasteiger partial charge is 0.341 e. The van der Waals surface area contributed by atoms with Gasteiger partial charge in [-0.1, -0.05) is 71.4 Å². The maximum atomic E-state index is 15.2. The zero-order valence-corrected chi connectivity index (χ0v) is 59.3. The number of nitrogens with zero attached hydrogens (tertiary/aromatic N) is 6. The lowest BCUT2D eigenvalue weighted by molar-refractivity contribution is -0.160. The van der Waals surface area contributed by atoms with Crippen molar-refractivity contribution in [3.63, 3.8) is 0 Å². The Labute approximate surface area is 586 Å². The number of hydrogen-bond acceptors (Lipinski definition) is 24. The van der Waals surface area contributed by atoms with Crippen LogP contribution in [0, 0.1) is 53.6 Å². The average molecular weight is 1430 g/mol. The Bertz CT molecular complexity index is 4210. The molecule has 1 unspecified atom stereocenters. The fourth-order valence-corrected chi connectivity index (χ4v) is 13.5. The summed E-state index contributed by atoms with van der Waals surface area (Å²) in [5.74, 6) is -11.5. The lowest BCUT2D eigenvalue weighted by Crippen LogP contribution is -2.50. The molecule has 5 bridgehead atoms. The number of benzene rings is 2. The first-order valence-corrected chi connectivity index (χ1v) is 33.4. The number of halogens is 3. The fraction of sp³-hybridized carbons (Fsp3) is 0.493. The molecule has 10 atom stereocenters. The van der Waals surface area contributed by atoms with Gasteiger partial charge in [-0.05, 0) is 45.8 Å². The molecule has 32 heteroatoms. The third kappa shape index (κ3) is 16.0. The van der Waals surface area contributed by atoms with E-state index in [9.17, 15) is 53.3 Å². The summed E-state index contributed by atoms with van der Waals surface area (Å²) in [5, 5.41) is 61.8. The number of carboxylic acids is 1. The summed E-state index contributed by atoms with van der Waals surface area (Å²) in [4.78, 5) is 107. The van der Waals surface area contributed by atoms with Crippen molar-refractivity contribution >= 4 is 86.8 Å². The summed E-state index contributed by atoms with van der Waals surface area (Å²) in [6.45, 7) is 24.8. The molecule has 0 radical (unpaired) electrons. The number of ketones is 2. The number of aliphatic hydroxyl groups is 2. The topological polar surface area (TPSA) is 437 Å². The molecule has 2 fully saturated rings. The highest BCUT2D eigenvalue weighted by atomic mass is 35.5. The summed E-state index contributed by atoms with van der Waals surface area (Å²) < 4.78 is 55.1. The number of phenols is 1. The molecular formula is C69H89ClF2N14O15. The van der Waals surface area contributed by atoms with Crippen LogP contribution in [0.1, 0.15) is 142 Å². The number of carboxylic acid groups (broad SMARTS) is 1. The normalized spacial score (nSPS) is 26.3. The highest BCUT2D eigenvalue weighted by Crippen LogP contribution is 2.50. The minimum Gasteiger partial charge on any atom is -0.507 e. The van der Waals surface area contributed by atoms with Crippen molar-refractivity contribution in [2.45, 2.75) is 144 Å². The standard InChI is InChI=1S/C46H62N4O11.C17H19F2N3O3.C6H8ClN7O/c1-22(2)21-50-18-16-46(17-19-50)48-34-31-32-39(54)28(8)42-33(31)43(56)45(10,61-42)59-20-15-30(58-11)25(5)41(60-29(9)51)27(7)38(53)26(6)37(52)23(3)13-12-14-24(4)44(57)47-36(40(32)55)35(34)49-46;1-3-21-8-11(17(24)25)16(23)10-6-12(18)15(13(19)14(10)21)22-5-4-20-9(2)7-22;7-2-4(9)13-3(8)1(12-2)5(15)14-6(10)11/h12-15,20,22-23,25-27,30,37-38,41,49,52-54H,16-19,21H2,1-11H3,(H,47,57);6,8-9,20H,3-5,7H2,1-2H3,(H,24,25);(H4,8,9,13)(H4,10,11,14,15)/b13-12+,20-15+,24-14-;;/t23-,25+,26+,27+,30-,37-,38+,41+,45-;;/m0../s1. The third-order valence-corrected chi connectivity index (χ3v) is 19.1. The molecule has 29 nitrogen and oxygen atoms in total. The van der Waals surface area contributed by atoms with Crippen LogP contribution in [0.15, 0.2) is 69.6 Å². The van der Waals surface area contributed by atoms with E-state index in [4.69, 9.17) is 63.3 Å². The minimum atomic E-state index is -1.97. The number of Topliss-reactive ketones (excluding diaryl/α,β-unsaturated/α-hetero) is 2. The summed E-state index contributed by atoms with van der Waals surface area (Å²) >= 11 is 5.55. The van der Waals surface area contributed by atoms with E-state index >= 15 is 4.39 Å². The maximum Gasteiger partial charge on any atom is 0.341 e. The molecule has 1 spiro atoms. The number of allylic oxidation sites excluding steroid dienone is 4. The number of anilines is 3. The Balaban J connectivity index is 0.000000262. The number of aliphatic imine (C=N–C) groups is 1. The number of esters is 1. The van der Waals surface area contributed by atoms with Crippen molar-refractivity contribution in [3.8, 4) is 11.5 Å². The second-order valence-corrected chi connectivity index (χ2v) is 27.1. The van der Waals surface area contributed by atoms with Gasteiger partial charge < -0.3 is 86.9 Å². The molecule has 5 aliphatic heterocycles. The number of guanidine groups is 1. The van der Waals surface area contributed by atoms with Gasteiger partial charge in [0.25, 0.3) is 17.6 Å². The van der Waals surface area contributed by atoms with Gasteiger partial charge in [-0.3, -0.25) is 44.5 Å². The van der Waals surface area contributed by atoms with Gasteiger partial charge in [-0.15, -0.1) is 0 Å². The van der Waals surface area contributed by atoms with Crippen molar-refractivity contribution < 1.29 is 76.9 Å². The summed E-state index contributed by atoms with van der Waals surface area (Å²) in [6, 6.07) is 1.02. The van der Waals surface area contributed by atoms with Crippen molar-refractivity contribution in [1.82, 2.24) is 40.7 Å². The SMILES string of the molecule is CCn1cc(C(=O)O)c(=O)c2cc(F)c(N3CCNC(C)C3)c(F)c21.CO[C@H]1/C=C/O[C@@]2(C)Oc3c(C)c(O)c4c(c3C2=O)C2=NC3(CCN(CC(C)C)CC3)NC2=C(NC(=O)/C(C)=C\C=C\[C@H](C)[C@H](O)[C@@H](C)[C@@H](O)[C@@H](C)[C@H](OC(C)=O)[C@@H]1C)C4=O.N=C(N)NC(=O)c1nc(Cl)c(N)nc1N. The van der Waals surface area contributed by atoms with Gasteiger partial charge in [0.05, 0.1) is 58.0 Å². The fourth-order valence-electron chi connectivity index (χ4n) is 13.4. The van der Waals surface area contributed by atoms with Crippen LogP contribution in [0.25, 0.3) is 10.9 Å². The van der Waals surface area contributed by atoms with Crippen LogP contribution in [-0.4, -0.2) is 175 Å². The van der Waals surface area contributed by atoms with Crippen LogP contribution in [0.4, 0.5) is 26.1 Å². The Morgan fingerprint density at radius 3 is 2.23 bits per heavy atom. The molecule has 2 aromatic carbocycles. The maximum absolute atomic E-state index is 15.2. The number of nitrogens with two attached hydrogens (primary N) is 3. The number of carbonyl (C=O) groups is 6. The first-order valence-electron chi connectivity index (χ1n) is 33.0. The number of aliphatic hydroxyl groups excluding tert-OH is 2. The van der Waals surface area contributed by atoms with Crippen LogP contribution in [0.3, 0.4) is 0 Å². The Kier molecular flexibility index (Phi) is 23.9. The zero-order valence-electron chi connectivity index (χ0n) is 58.5. The predicted molar refractivity (Wildman–Crippen MR) is 372 cm³/mol. The highest BCUT2D eigenvalue weighted by Gasteiger charge is 2.55. The molecule has 10 rings (SSSR count). The monoisotopic (exact) mass is 1430 g/mol. The van der Waals surface area contributed by atoms with Gasteiger partial charge in [-0.25, -0.2) is 23.5 Å². The number of aromatic nitrogens is 3. The first-order chi connectivity index (χ1) is 47.4. The number of aromatic hydroxyl groups is 1. The minimum absolute atomic E-state index is 0.0164. The molecule has 2 saturated heterocycles. The lowest BCUT2D eigenvalue weighted by atomic mass is 9.78. The number of ether oxygens (including phenoxy) is 4. The van der Waals surface area contributed by atoms with Gasteiger partial charge in [0, 0.05) is 132 Å². The number of fused-ring (bicyclic) bond motifs is 4. The number of aromatic carboxylic acids is 1. The molecule has 2 aromatic heterocycles. The number of amides is 2. The summed E-state index contributed by atoms with van der Waals surface area (Å²) in [7, 11) is 1.46. The zero-order chi connectivity index (χ0) is 74.8.